The van der Waals surface area contributed by atoms with Gasteiger partial charge in [-0.25, -0.2) is 0 Å². The Morgan fingerprint density at radius 2 is 1.96 bits per heavy atom. The number of anilines is 1. The Balaban J connectivity index is 2.16. The number of benzene rings is 1. The van der Waals surface area contributed by atoms with Crippen LogP contribution < -0.4 is 16.6 Å². The number of nitrogens with zero attached hydrogens (tertiary/aromatic N) is 1. The fourth-order valence-electron chi connectivity index (χ4n) is 2.68. The van der Waals surface area contributed by atoms with E-state index in [-0.39, 0.29) is 23.5 Å². The van der Waals surface area contributed by atoms with Crippen molar-refractivity contribution in [1.29, 1.82) is 5.26 Å². The van der Waals surface area contributed by atoms with Crippen molar-refractivity contribution in [2.75, 3.05) is 5.32 Å². The molecule has 1 aromatic heterocycles. The number of hydrogen-bond donors (Lipinski definition) is 3. The van der Waals surface area contributed by atoms with E-state index in [1.165, 1.54) is 6.07 Å². The molecule has 0 unspecified atom stereocenters. The van der Waals surface area contributed by atoms with Crippen molar-refractivity contribution in [2.45, 2.75) is 26.7 Å². The largest absolute Gasteiger partial charge is 0.366 e. The summed E-state index contributed by atoms with van der Waals surface area (Å²) in [5.41, 5.74) is 7.47. The van der Waals surface area contributed by atoms with Crippen LogP contribution in [0.5, 0.6) is 0 Å². The number of hydrogen-bond acceptors (Lipinski definition) is 4. The average molecular weight is 338 g/mol. The van der Waals surface area contributed by atoms with Crippen molar-refractivity contribution in [2.24, 2.45) is 5.73 Å². The van der Waals surface area contributed by atoms with Gasteiger partial charge >= 0.3 is 0 Å². The number of nitrogens with two attached hydrogens (primary N) is 1. The zero-order valence-electron chi connectivity index (χ0n) is 14.0. The average Bonchev–Trinajstić information content (AvgIpc) is 2.55. The quantitative estimate of drug-likeness (QED) is 0.763. The minimum absolute atomic E-state index is 0.0556. The predicted molar refractivity (Wildman–Crippen MR) is 93.2 cm³/mol. The molecule has 25 heavy (non-hydrogen) atoms. The summed E-state index contributed by atoms with van der Waals surface area (Å²) in [6, 6.07) is 8.37. The van der Waals surface area contributed by atoms with Gasteiger partial charge in [-0.2, -0.15) is 5.26 Å². The summed E-state index contributed by atoms with van der Waals surface area (Å²) >= 11 is 0. The van der Waals surface area contributed by atoms with E-state index < -0.39 is 11.5 Å². The topological polar surface area (TPSA) is 129 Å². The first kappa shape index (κ1) is 17.9. The maximum absolute atomic E-state index is 12.2. The van der Waals surface area contributed by atoms with Gasteiger partial charge in [-0.15, -0.1) is 0 Å². The van der Waals surface area contributed by atoms with Crippen LogP contribution >= 0.6 is 0 Å². The SMILES string of the molecule is Cc1[nH]c(=O)c(C#N)c(C)c1CCC(=O)Nc1ccccc1C(N)=O. The number of carbonyl (C=O) groups is 2. The lowest BCUT2D eigenvalue weighted by Crippen LogP contribution is -2.20. The molecular formula is C18H18N4O3. The molecule has 1 heterocycles. The smallest absolute Gasteiger partial charge is 0.266 e. The number of primary amides is 1. The van der Waals surface area contributed by atoms with Crippen LogP contribution in [0.1, 0.15) is 39.2 Å². The number of pyridine rings is 1. The van der Waals surface area contributed by atoms with Gasteiger partial charge in [-0.05, 0) is 43.5 Å². The minimum atomic E-state index is -0.623. The normalized spacial score (nSPS) is 10.1. The van der Waals surface area contributed by atoms with Gasteiger partial charge in [0.15, 0.2) is 0 Å². The van der Waals surface area contributed by atoms with E-state index in [2.05, 4.69) is 10.3 Å². The number of nitrogens with one attached hydrogen (secondary N) is 2. The molecule has 0 spiro atoms. The molecule has 128 valence electrons. The summed E-state index contributed by atoms with van der Waals surface area (Å²) in [6.45, 7) is 3.42. The Hall–Kier alpha value is -3.40. The molecule has 4 N–H and O–H groups in total. The van der Waals surface area contributed by atoms with Gasteiger partial charge in [0.1, 0.15) is 11.6 Å². The van der Waals surface area contributed by atoms with Gasteiger partial charge in [-0.3, -0.25) is 14.4 Å². The number of amides is 2. The lowest BCUT2D eigenvalue weighted by molar-refractivity contribution is -0.116. The zero-order chi connectivity index (χ0) is 18.6. The Labute approximate surface area is 144 Å². The fraction of sp³-hybridized carbons (Fsp3) is 0.222. The standard InChI is InChI=1S/C18H18N4O3/c1-10-12(11(2)21-18(25)14(10)9-19)7-8-16(23)22-15-6-4-3-5-13(15)17(20)24/h3-6H,7-8H2,1-2H3,(H2,20,24)(H,21,25)(H,22,23). The summed E-state index contributed by atoms with van der Waals surface area (Å²) in [7, 11) is 0. The number of rotatable bonds is 5. The molecule has 0 saturated carbocycles. The van der Waals surface area contributed by atoms with Gasteiger partial charge in [0.2, 0.25) is 5.91 Å². The summed E-state index contributed by atoms with van der Waals surface area (Å²) in [6.07, 6.45) is 0.486. The third-order valence-corrected chi connectivity index (χ3v) is 3.99. The molecule has 2 amide bonds. The Morgan fingerprint density at radius 3 is 2.60 bits per heavy atom. The number of nitriles is 1. The molecule has 2 rings (SSSR count). The first-order valence-electron chi connectivity index (χ1n) is 7.66. The number of aromatic nitrogens is 1. The highest BCUT2D eigenvalue weighted by atomic mass is 16.2. The number of para-hydroxylation sites is 1. The second-order valence-corrected chi connectivity index (χ2v) is 5.63. The van der Waals surface area contributed by atoms with Crippen molar-refractivity contribution in [3.63, 3.8) is 0 Å². The molecule has 1 aromatic carbocycles. The van der Waals surface area contributed by atoms with Crippen LogP contribution in [-0.4, -0.2) is 16.8 Å². The summed E-state index contributed by atoms with van der Waals surface area (Å²) in [4.78, 5) is 37.9. The van der Waals surface area contributed by atoms with Crippen molar-refractivity contribution in [3.8, 4) is 6.07 Å². The highest BCUT2D eigenvalue weighted by molar-refractivity contribution is 6.03. The number of aromatic amines is 1. The minimum Gasteiger partial charge on any atom is -0.366 e. The van der Waals surface area contributed by atoms with Gasteiger partial charge in [0.25, 0.3) is 11.5 Å². The second-order valence-electron chi connectivity index (χ2n) is 5.63. The molecule has 0 aliphatic carbocycles. The number of carbonyl (C=O) groups excluding carboxylic acids is 2. The van der Waals surface area contributed by atoms with E-state index in [9.17, 15) is 14.4 Å². The molecular weight excluding hydrogens is 320 g/mol. The first-order chi connectivity index (χ1) is 11.8. The van der Waals surface area contributed by atoms with E-state index in [0.29, 0.717) is 23.4 Å². The number of aryl methyl sites for hydroxylation is 1. The molecule has 0 atom stereocenters. The number of H-pyrrole nitrogens is 1. The van der Waals surface area contributed by atoms with E-state index >= 15 is 0 Å². The maximum Gasteiger partial charge on any atom is 0.266 e. The monoisotopic (exact) mass is 338 g/mol. The van der Waals surface area contributed by atoms with Crippen LogP contribution in [-0.2, 0) is 11.2 Å². The predicted octanol–water partition coefficient (Wildman–Crippen LogP) is 1.53. The lowest BCUT2D eigenvalue weighted by Gasteiger charge is -2.12. The first-order valence-corrected chi connectivity index (χ1v) is 7.66. The van der Waals surface area contributed by atoms with E-state index in [4.69, 9.17) is 11.0 Å². The van der Waals surface area contributed by atoms with E-state index in [1.807, 2.05) is 6.07 Å². The summed E-state index contributed by atoms with van der Waals surface area (Å²) in [5, 5.41) is 11.7. The van der Waals surface area contributed by atoms with Gasteiger partial charge in [-0.1, -0.05) is 12.1 Å². The van der Waals surface area contributed by atoms with Crippen molar-refractivity contribution in [1.82, 2.24) is 4.98 Å². The zero-order valence-corrected chi connectivity index (χ0v) is 14.0. The molecule has 0 saturated heterocycles. The maximum atomic E-state index is 12.2. The molecule has 0 aliphatic heterocycles. The molecule has 7 heteroatoms. The third-order valence-electron chi connectivity index (χ3n) is 3.99. The fourth-order valence-corrected chi connectivity index (χ4v) is 2.68. The molecule has 0 radical (unpaired) electrons. The van der Waals surface area contributed by atoms with Gasteiger partial charge < -0.3 is 16.0 Å². The summed E-state index contributed by atoms with van der Waals surface area (Å²) < 4.78 is 0. The van der Waals surface area contributed by atoms with Crippen molar-refractivity contribution < 1.29 is 9.59 Å². The van der Waals surface area contributed by atoms with Crippen LogP contribution in [0.4, 0.5) is 5.69 Å². The van der Waals surface area contributed by atoms with Crippen molar-refractivity contribution in [3.05, 3.63) is 62.6 Å². The molecule has 0 aliphatic rings. The Morgan fingerprint density at radius 1 is 1.28 bits per heavy atom. The molecule has 7 nitrogen and oxygen atoms in total. The Kier molecular flexibility index (Phi) is 5.35. The molecule has 0 bridgehead atoms. The van der Waals surface area contributed by atoms with Gasteiger partial charge in [0, 0.05) is 12.1 Å². The van der Waals surface area contributed by atoms with Gasteiger partial charge in [0.05, 0.1) is 11.3 Å². The highest BCUT2D eigenvalue weighted by Crippen LogP contribution is 2.17. The third kappa shape index (κ3) is 3.93. The van der Waals surface area contributed by atoms with Crippen LogP contribution in [0.2, 0.25) is 0 Å². The molecule has 0 fully saturated rings. The second kappa shape index (κ2) is 7.45. The van der Waals surface area contributed by atoms with Crippen LogP contribution in [0, 0.1) is 25.2 Å². The van der Waals surface area contributed by atoms with Crippen LogP contribution in [0.3, 0.4) is 0 Å². The van der Waals surface area contributed by atoms with E-state index in [1.54, 1.807) is 32.0 Å². The van der Waals surface area contributed by atoms with Crippen molar-refractivity contribution >= 4 is 17.5 Å². The van der Waals surface area contributed by atoms with Crippen LogP contribution in [0.15, 0.2) is 29.1 Å². The summed E-state index contributed by atoms with van der Waals surface area (Å²) in [5.74, 6) is -0.918. The van der Waals surface area contributed by atoms with E-state index in [0.717, 1.165) is 5.56 Å². The Bertz CT molecular complexity index is 938. The lowest BCUT2D eigenvalue weighted by atomic mass is 9.99. The molecule has 2 aromatic rings. The van der Waals surface area contributed by atoms with Crippen LogP contribution in [0.25, 0.3) is 0 Å². The highest BCUT2D eigenvalue weighted by Gasteiger charge is 2.14.